The van der Waals surface area contributed by atoms with Crippen LogP contribution in [0.1, 0.15) is 16.7 Å². The molecule has 0 radical (unpaired) electrons. The second kappa shape index (κ2) is 6.05. The van der Waals surface area contributed by atoms with Gasteiger partial charge in [0.2, 0.25) is 5.75 Å². The van der Waals surface area contributed by atoms with Crippen molar-refractivity contribution in [2.24, 2.45) is 0 Å². The summed E-state index contributed by atoms with van der Waals surface area (Å²) in [5.41, 5.74) is 2.67. The number of halogens is 1. The Kier molecular flexibility index (Phi) is 4.39. The monoisotopic (exact) mass is 335 g/mol. The first kappa shape index (κ1) is 14.5. The number of nitro benzene ring substituents is 1. The van der Waals surface area contributed by atoms with Crippen molar-refractivity contribution in [2.45, 2.75) is 19.2 Å². The van der Waals surface area contributed by atoms with E-state index in [1.807, 2.05) is 25.1 Å². The van der Waals surface area contributed by atoms with E-state index < -0.39 is 4.92 Å². The van der Waals surface area contributed by atoms with Gasteiger partial charge >= 0.3 is 5.69 Å². The largest absolute Gasteiger partial charge is 0.450 e. The fraction of sp³-hybridized carbons (Fsp3) is 0.200. The first-order valence-corrected chi connectivity index (χ1v) is 7.22. The number of rotatable bonds is 4. The van der Waals surface area contributed by atoms with Crippen molar-refractivity contribution in [1.82, 2.24) is 0 Å². The standard InChI is InChI=1S/C15H14BrNO3/c1-10-4-3-5-14(15(10)17(18)19)20-13-7-6-12(9-16)8-11(13)2/h3-8H,9H2,1-2H3. The first-order valence-electron chi connectivity index (χ1n) is 6.10. The lowest BCUT2D eigenvalue weighted by molar-refractivity contribution is -0.386. The minimum Gasteiger partial charge on any atom is -0.450 e. The van der Waals surface area contributed by atoms with E-state index in [-0.39, 0.29) is 11.4 Å². The molecule has 2 aromatic carbocycles. The molecule has 0 spiro atoms. The molecule has 0 aromatic heterocycles. The topological polar surface area (TPSA) is 52.4 Å². The van der Waals surface area contributed by atoms with Gasteiger partial charge < -0.3 is 4.74 Å². The summed E-state index contributed by atoms with van der Waals surface area (Å²) in [6.45, 7) is 3.62. The third-order valence-electron chi connectivity index (χ3n) is 3.00. The lowest BCUT2D eigenvalue weighted by Gasteiger charge is -2.10. The zero-order valence-corrected chi connectivity index (χ0v) is 12.8. The number of nitro groups is 1. The van der Waals surface area contributed by atoms with Crippen LogP contribution in [0.25, 0.3) is 0 Å². The van der Waals surface area contributed by atoms with E-state index in [1.54, 1.807) is 25.1 Å². The number of para-hydroxylation sites is 1. The third-order valence-corrected chi connectivity index (χ3v) is 3.64. The van der Waals surface area contributed by atoms with Crippen molar-refractivity contribution in [1.29, 1.82) is 0 Å². The van der Waals surface area contributed by atoms with Gasteiger partial charge in [-0.3, -0.25) is 10.1 Å². The van der Waals surface area contributed by atoms with Gasteiger partial charge in [0, 0.05) is 10.9 Å². The molecular weight excluding hydrogens is 322 g/mol. The normalized spacial score (nSPS) is 10.3. The zero-order chi connectivity index (χ0) is 14.7. The predicted molar refractivity (Wildman–Crippen MR) is 81.7 cm³/mol. The molecule has 4 nitrogen and oxygen atoms in total. The van der Waals surface area contributed by atoms with Crippen molar-refractivity contribution in [3.63, 3.8) is 0 Å². The maximum absolute atomic E-state index is 11.1. The molecule has 20 heavy (non-hydrogen) atoms. The molecule has 5 heteroatoms. The lowest BCUT2D eigenvalue weighted by Crippen LogP contribution is -1.97. The highest BCUT2D eigenvalue weighted by Crippen LogP contribution is 2.35. The fourth-order valence-electron chi connectivity index (χ4n) is 1.98. The fourth-order valence-corrected chi connectivity index (χ4v) is 2.32. The van der Waals surface area contributed by atoms with Crippen molar-refractivity contribution in [2.75, 3.05) is 0 Å². The lowest BCUT2D eigenvalue weighted by atomic mass is 10.1. The van der Waals surface area contributed by atoms with Crippen LogP contribution >= 0.6 is 15.9 Å². The maximum atomic E-state index is 11.1. The predicted octanol–water partition coefficient (Wildman–Crippen LogP) is 4.90. The number of aryl methyl sites for hydroxylation is 2. The van der Waals surface area contributed by atoms with Crippen LogP contribution in [0.4, 0.5) is 5.69 Å². The molecule has 0 amide bonds. The van der Waals surface area contributed by atoms with Crippen LogP contribution in [0, 0.1) is 24.0 Å². The molecule has 2 rings (SSSR count). The van der Waals surface area contributed by atoms with E-state index in [0.29, 0.717) is 11.3 Å². The Labute approximate surface area is 125 Å². The number of ether oxygens (including phenoxy) is 1. The van der Waals surface area contributed by atoms with Crippen molar-refractivity contribution in [3.05, 3.63) is 63.2 Å². The Morgan fingerprint density at radius 1 is 1.15 bits per heavy atom. The number of alkyl halides is 1. The van der Waals surface area contributed by atoms with Gasteiger partial charge in [0.25, 0.3) is 0 Å². The van der Waals surface area contributed by atoms with E-state index in [9.17, 15) is 10.1 Å². The van der Waals surface area contributed by atoms with Crippen LogP contribution in [0.5, 0.6) is 11.5 Å². The van der Waals surface area contributed by atoms with Gasteiger partial charge in [0.05, 0.1) is 4.92 Å². The molecule has 104 valence electrons. The Hall–Kier alpha value is -1.88. The number of nitrogens with zero attached hydrogens (tertiary/aromatic N) is 1. The summed E-state index contributed by atoms with van der Waals surface area (Å²) in [5, 5.41) is 11.9. The highest BCUT2D eigenvalue weighted by Gasteiger charge is 2.19. The quantitative estimate of drug-likeness (QED) is 0.453. The Morgan fingerprint density at radius 3 is 2.50 bits per heavy atom. The molecule has 0 fully saturated rings. The summed E-state index contributed by atoms with van der Waals surface area (Å²) in [5.74, 6) is 0.896. The molecule has 0 saturated carbocycles. The van der Waals surface area contributed by atoms with Crippen LogP contribution in [-0.2, 0) is 5.33 Å². The zero-order valence-electron chi connectivity index (χ0n) is 11.2. The summed E-state index contributed by atoms with van der Waals surface area (Å²) in [6.07, 6.45) is 0. The molecule has 0 bridgehead atoms. The highest BCUT2D eigenvalue weighted by molar-refractivity contribution is 9.08. The molecule has 0 aliphatic rings. The summed E-state index contributed by atoms with van der Waals surface area (Å²) in [7, 11) is 0. The number of hydrogen-bond acceptors (Lipinski definition) is 3. The van der Waals surface area contributed by atoms with Gasteiger partial charge in [-0.05, 0) is 37.1 Å². The Balaban J connectivity index is 2.40. The van der Waals surface area contributed by atoms with Gasteiger partial charge in [0.1, 0.15) is 5.75 Å². The summed E-state index contributed by atoms with van der Waals surface area (Å²) in [6, 6.07) is 10.8. The van der Waals surface area contributed by atoms with Gasteiger partial charge in [-0.25, -0.2) is 0 Å². The van der Waals surface area contributed by atoms with E-state index in [1.165, 1.54) is 0 Å². The maximum Gasteiger partial charge on any atom is 0.314 e. The first-order chi connectivity index (χ1) is 9.52. The molecule has 0 N–H and O–H groups in total. The second-order valence-electron chi connectivity index (χ2n) is 4.51. The van der Waals surface area contributed by atoms with Gasteiger partial charge in [0.15, 0.2) is 0 Å². The highest BCUT2D eigenvalue weighted by atomic mass is 79.9. The summed E-state index contributed by atoms with van der Waals surface area (Å²) in [4.78, 5) is 10.7. The second-order valence-corrected chi connectivity index (χ2v) is 5.08. The average Bonchev–Trinajstić information content (AvgIpc) is 2.40. The minimum atomic E-state index is -0.410. The van der Waals surface area contributed by atoms with Crippen molar-refractivity contribution < 1.29 is 9.66 Å². The van der Waals surface area contributed by atoms with Crippen LogP contribution in [0.3, 0.4) is 0 Å². The molecule has 0 heterocycles. The van der Waals surface area contributed by atoms with Gasteiger partial charge in [-0.15, -0.1) is 0 Å². The van der Waals surface area contributed by atoms with Gasteiger partial charge in [-0.1, -0.05) is 40.2 Å². The Bertz CT molecular complexity index is 656. The Morgan fingerprint density at radius 2 is 1.90 bits per heavy atom. The van der Waals surface area contributed by atoms with E-state index >= 15 is 0 Å². The van der Waals surface area contributed by atoms with E-state index in [4.69, 9.17) is 4.74 Å². The SMILES string of the molecule is Cc1cc(CBr)ccc1Oc1cccc(C)c1[N+](=O)[O-]. The summed E-state index contributed by atoms with van der Waals surface area (Å²) < 4.78 is 5.72. The molecule has 2 aromatic rings. The van der Waals surface area contributed by atoms with Crippen LogP contribution in [-0.4, -0.2) is 4.92 Å². The van der Waals surface area contributed by atoms with Gasteiger partial charge in [-0.2, -0.15) is 0 Å². The molecule has 0 saturated heterocycles. The van der Waals surface area contributed by atoms with Crippen LogP contribution < -0.4 is 4.74 Å². The van der Waals surface area contributed by atoms with E-state index in [2.05, 4.69) is 15.9 Å². The molecule has 0 aliphatic heterocycles. The molecule has 0 unspecified atom stereocenters. The van der Waals surface area contributed by atoms with E-state index in [0.717, 1.165) is 16.5 Å². The van der Waals surface area contributed by atoms with Crippen LogP contribution in [0.15, 0.2) is 36.4 Å². The van der Waals surface area contributed by atoms with Crippen molar-refractivity contribution in [3.8, 4) is 11.5 Å². The number of benzene rings is 2. The third kappa shape index (κ3) is 2.99. The summed E-state index contributed by atoms with van der Waals surface area (Å²) >= 11 is 3.39. The number of hydrogen-bond donors (Lipinski definition) is 0. The molecule has 0 atom stereocenters. The molecule has 0 aliphatic carbocycles. The smallest absolute Gasteiger partial charge is 0.314 e. The van der Waals surface area contributed by atoms with Crippen LogP contribution in [0.2, 0.25) is 0 Å². The minimum absolute atomic E-state index is 0.0106. The average molecular weight is 336 g/mol. The molecular formula is C15H14BrNO3. The van der Waals surface area contributed by atoms with Crippen molar-refractivity contribution >= 4 is 21.6 Å².